The van der Waals surface area contributed by atoms with Crippen molar-refractivity contribution in [2.75, 3.05) is 0 Å². The van der Waals surface area contributed by atoms with Crippen LogP contribution in [0.3, 0.4) is 0 Å². The zero-order chi connectivity index (χ0) is 19.0. The highest BCUT2D eigenvalue weighted by Gasteiger charge is 2.51. The van der Waals surface area contributed by atoms with E-state index in [1.165, 1.54) is 6.26 Å². The van der Waals surface area contributed by atoms with Crippen molar-refractivity contribution >= 4 is 11.9 Å². The Kier molecular flexibility index (Phi) is 4.70. The summed E-state index contributed by atoms with van der Waals surface area (Å²) in [5.41, 5.74) is 2.04. The predicted octanol–water partition coefficient (Wildman–Crippen LogP) is 2.89. The second-order valence-electron chi connectivity index (χ2n) is 7.22. The normalized spacial score (nSPS) is 26.4. The Morgan fingerprint density at radius 2 is 1.85 bits per heavy atom. The molecule has 2 aromatic rings. The van der Waals surface area contributed by atoms with Crippen molar-refractivity contribution in [2.45, 2.75) is 50.2 Å². The number of aryl methyl sites for hydroxylation is 1. The lowest BCUT2D eigenvalue weighted by Gasteiger charge is -2.26. The number of carbonyl (C=O) groups is 2. The Hall–Kier alpha value is -2.67. The Balaban J connectivity index is 1.58. The molecule has 27 heavy (non-hydrogen) atoms. The average Bonchev–Trinajstić information content (AvgIpc) is 3.36. The second kappa shape index (κ2) is 7.15. The van der Waals surface area contributed by atoms with Gasteiger partial charge >= 0.3 is 11.9 Å². The van der Waals surface area contributed by atoms with Crippen LogP contribution in [0.2, 0.25) is 0 Å². The molecular weight excluding hydrogens is 350 g/mol. The van der Waals surface area contributed by atoms with E-state index in [1.807, 2.05) is 24.3 Å². The number of rotatable bonds is 7. The Morgan fingerprint density at radius 1 is 1.11 bits per heavy atom. The van der Waals surface area contributed by atoms with Gasteiger partial charge in [0.25, 0.3) is 0 Å². The molecule has 2 bridgehead atoms. The number of nitrogens with zero attached hydrogens (tertiary/aromatic N) is 1. The van der Waals surface area contributed by atoms with Crippen LogP contribution in [0.25, 0.3) is 0 Å². The molecule has 3 heterocycles. The topological polar surface area (TPSA) is 110 Å². The first-order chi connectivity index (χ1) is 13.0. The summed E-state index contributed by atoms with van der Waals surface area (Å²) in [5, 5.41) is 18.1. The van der Waals surface area contributed by atoms with E-state index in [4.69, 9.17) is 19.4 Å². The summed E-state index contributed by atoms with van der Waals surface area (Å²) in [4.78, 5) is 26.2. The van der Waals surface area contributed by atoms with Gasteiger partial charge in [0, 0.05) is 12.3 Å². The molecule has 2 fully saturated rings. The number of carboxylic acid groups (broad SMARTS) is 2. The van der Waals surface area contributed by atoms with Gasteiger partial charge in [-0.25, -0.2) is 9.78 Å². The summed E-state index contributed by atoms with van der Waals surface area (Å²) < 4.78 is 11.6. The van der Waals surface area contributed by atoms with E-state index < -0.39 is 11.9 Å². The van der Waals surface area contributed by atoms with Crippen LogP contribution in [-0.4, -0.2) is 39.3 Å². The summed E-state index contributed by atoms with van der Waals surface area (Å²) in [6.45, 7) is 0. The van der Waals surface area contributed by atoms with E-state index in [-0.39, 0.29) is 36.2 Å². The molecule has 0 radical (unpaired) electrons. The van der Waals surface area contributed by atoms with Gasteiger partial charge in [0.05, 0.1) is 18.1 Å². The van der Waals surface area contributed by atoms with Crippen molar-refractivity contribution in [3.63, 3.8) is 0 Å². The van der Waals surface area contributed by atoms with Crippen LogP contribution < -0.4 is 0 Å². The van der Waals surface area contributed by atoms with E-state index >= 15 is 0 Å². The molecule has 2 aliphatic rings. The van der Waals surface area contributed by atoms with Crippen molar-refractivity contribution in [1.82, 2.24) is 4.98 Å². The molecule has 1 aromatic carbocycles. The molecule has 7 heteroatoms. The van der Waals surface area contributed by atoms with Crippen LogP contribution in [0.5, 0.6) is 0 Å². The minimum absolute atomic E-state index is 0.00789. The van der Waals surface area contributed by atoms with Gasteiger partial charge in [0.15, 0.2) is 5.69 Å². The Bertz CT molecular complexity index is 860. The van der Waals surface area contributed by atoms with Crippen LogP contribution in [0.1, 0.15) is 52.7 Å². The van der Waals surface area contributed by atoms with Gasteiger partial charge < -0.3 is 19.4 Å². The molecule has 2 aliphatic heterocycles. The molecule has 4 rings (SSSR count). The molecule has 0 aliphatic carbocycles. The minimum Gasteiger partial charge on any atom is -0.481 e. The molecule has 2 N–H and O–H groups in total. The minimum atomic E-state index is -1.11. The monoisotopic (exact) mass is 371 g/mol. The number of carboxylic acids is 2. The first-order valence-corrected chi connectivity index (χ1v) is 9.15. The molecule has 0 saturated carbocycles. The molecule has 4 atom stereocenters. The standard InChI is InChI=1S/C20H21NO6/c22-17(23)8-5-11-3-1-2-4-12(11)9-13-15-6-7-16(27-15)18(13)19-21-14(10-26-19)20(24)25/h1-4,10,13,15-16,18H,5-9H2,(H,22,23)(H,24,25)/t13-,15-,16+,18-/m0/s1. The molecule has 7 nitrogen and oxygen atoms in total. The number of aromatic nitrogens is 1. The number of aliphatic carboxylic acids is 1. The molecular formula is C20H21NO6. The Labute approximate surface area is 156 Å². The maximum atomic E-state index is 11.1. The fourth-order valence-corrected chi connectivity index (χ4v) is 4.41. The number of benzene rings is 1. The summed E-state index contributed by atoms with van der Waals surface area (Å²) >= 11 is 0. The highest BCUT2D eigenvalue weighted by Crippen LogP contribution is 2.49. The van der Waals surface area contributed by atoms with Crippen LogP contribution in [0, 0.1) is 5.92 Å². The summed E-state index contributed by atoms with van der Waals surface area (Å²) in [5.74, 6) is -1.44. The molecule has 0 spiro atoms. The van der Waals surface area contributed by atoms with E-state index in [0.717, 1.165) is 30.4 Å². The van der Waals surface area contributed by atoms with Crippen molar-refractivity contribution in [3.05, 3.63) is 53.2 Å². The van der Waals surface area contributed by atoms with Crippen LogP contribution in [0.4, 0.5) is 0 Å². The van der Waals surface area contributed by atoms with Gasteiger partial charge in [-0.1, -0.05) is 24.3 Å². The van der Waals surface area contributed by atoms with Crippen molar-refractivity contribution in [1.29, 1.82) is 0 Å². The molecule has 1 aromatic heterocycles. The molecule has 142 valence electrons. The van der Waals surface area contributed by atoms with Gasteiger partial charge in [0.1, 0.15) is 6.26 Å². The SMILES string of the molecule is O=C(O)CCc1ccccc1C[C@@H]1[C@H](c2nc(C(=O)O)co2)[C@H]2CC[C@@H]1O2. The lowest BCUT2D eigenvalue weighted by Crippen LogP contribution is -2.28. The quantitative estimate of drug-likeness (QED) is 0.770. The maximum Gasteiger partial charge on any atom is 0.357 e. The van der Waals surface area contributed by atoms with Crippen LogP contribution >= 0.6 is 0 Å². The van der Waals surface area contributed by atoms with Gasteiger partial charge in [-0.3, -0.25) is 4.79 Å². The smallest absolute Gasteiger partial charge is 0.357 e. The summed E-state index contributed by atoms with van der Waals surface area (Å²) in [6, 6.07) is 7.87. The number of hydrogen-bond acceptors (Lipinski definition) is 5. The van der Waals surface area contributed by atoms with Crippen molar-refractivity contribution in [3.8, 4) is 0 Å². The van der Waals surface area contributed by atoms with Crippen molar-refractivity contribution < 1.29 is 29.0 Å². The maximum absolute atomic E-state index is 11.1. The van der Waals surface area contributed by atoms with E-state index in [2.05, 4.69) is 4.98 Å². The van der Waals surface area contributed by atoms with Crippen molar-refractivity contribution in [2.24, 2.45) is 5.92 Å². The lowest BCUT2D eigenvalue weighted by atomic mass is 9.75. The summed E-state index contributed by atoms with van der Waals surface area (Å²) in [7, 11) is 0. The highest BCUT2D eigenvalue weighted by atomic mass is 16.5. The van der Waals surface area contributed by atoms with E-state index in [9.17, 15) is 9.59 Å². The molecule has 0 unspecified atom stereocenters. The predicted molar refractivity (Wildman–Crippen MR) is 93.7 cm³/mol. The number of hydrogen-bond donors (Lipinski definition) is 2. The molecule has 0 amide bonds. The zero-order valence-electron chi connectivity index (χ0n) is 14.7. The third-order valence-electron chi connectivity index (χ3n) is 5.63. The number of oxazole rings is 1. The first-order valence-electron chi connectivity index (χ1n) is 9.15. The molecule has 2 saturated heterocycles. The zero-order valence-corrected chi connectivity index (χ0v) is 14.7. The van der Waals surface area contributed by atoms with Gasteiger partial charge in [-0.05, 0) is 36.8 Å². The second-order valence-corrected chi connectivity index (χ2v) is 7.22. The Morgan fingerprint density at radius 3 is 2.56 bits per heavy atom. The number of ether oxygens (including phenoxy) is 1. The average molecular weight is 371 g/mol. The van der Waals surface area contributed by atoms with Crippen LogP contribution in [0.15, 0.2) is 34.9 Å². The number of fused-ring (bicyclic) bond motifs is 2. The fourth-order valence-electron chi connectivity index (χ4n) is 4.41. The largest absolute Gasteiger partial charge is 0.481 e. The van der Waals surface area contributed by atoms with Crippen LogP contribution in [-0.2, 0) is 22.4 Å². The highest BCUT2D eigenvalue weighted by molar-refractivity contribution is 5.84. The van der Waals surface area contributed by atoms with E-state index in [0.29, 0.717) is 12.3 Å². The lowest BCUT2D eigenvalue weighted by molar-refractivity contribution is -0.136. The number of aromatic carboxylic acids is 1. The summed E-state index contributed by atoms with van der Waals surface area (Å²) in [6.07, 6.45) is 4.45. The van der Waals surface area contributed by atoms with Gasteiger partial charge in [-0.15, -0.1) is 0 Å². The fraction of sp³-hybridized carbons (Fsp3) is 0.450. The third kappa shape index (κ3) is 3.47. The first kappa shape index (κ1) is 17.7. The van der Waals surface area contributed by atoms with E-state index in [1.54, 1.807) is 0 Å². The third-order valence-corrected chi connectivity index (χ3v) is 5.63. The van der Waals surface area contributed by atoms with Gasteiger partial charge in [-0.2, -0.15) is 0 Å². The van der Waals surface area contributed by atoms with Gasteiger partial charge in [0.2, 0.25) is 5.89 Å².